The minimum Gasteiger partial charge on any atom is -0.354 e. The fourth-order valence-corrected chi connectivity index (χ4v) is 2.28. The number of hydrogen-bond acceptors (Lipinski definition) is 2. The summed E-state index contributed by atoms with van der Waals surface area (Å²) >= 11 is 3.43. The number of carbonyl (C=O) groups excluding carboxylic acids is 2. The highest BCUT2D eigenvalue weighted by molar-refractivity contribution is 9.10. The van der Waals surface area contributed by atoms with Crippen molar-refractivity contribution >= 4 is 33.8 Å². The van der Waals surface area contributed by atoms with Crippen LogP contribution in [0.4, 0.5) is 0 Å². The van der Waals surface area contributed by atoms with Crippen LogP contribution in [0, 0.1) is 0 Å². The van der Waals surface area contributed by atoms with Crippen LogP contribution >= 0.6 is 15.9 Å². The van der Waals surface area contributed by atoms with Crippen molar-refractivity contribution < 1.29 is 9.59 Å². The molecule has 1 fully saturated rings. The summed E-state index contributed by atoms with van der Waals surface area (Å²) in [6.07, 6.45) is 3.71. The normalized spacial score (nSPS) is 16.3. The fraction of sp³-hybridized carbons (Fsp3) is 0.286. The maximum atomic E-state index is 12.0. The molecule has 1 aromatic rings. The van der Waals surface area contributed by atoms with Gasteiger partial charge >= 0.3 is 0 Å². The monoisotopic (exact) mass is 322 g/mol. The first kappa shape index (κ1) is 13.8. The van der Waals surface area contributed by atoms with E-state index >= 15 is 0 Å². The predicted molar refractivity (Wildman–Crippen MR) is 77.4 cm³/mol. The van der Waals surface area contributed by atoms with Crippen LogP contribution in [-0.4, -0.2) is 36.3 Å². The van der Waals surface area contributed by atoms with Gasteiger partial charge in [-0.25, -0.2) is 0 Å². The first-order valence-electron chi connectivity index (χ1n) is 6.15. The molecule has 1 aromatic carbocycles. The van der Waals surface area contributed by atoms with E-state index < -0.39 is 0 Å². The molecule has 1 heterocycles. The molecule has 19 heavy (non-hydrogen) atoms. The molecule has 0 radical (unpaired) electrons. The van der Waals surface area contributed by atoms with Gasteiger partial charge in [0.15, 0.2) is 0 Å². The van der Waals surface area contributed by atoms with Gasteiger partial charge in [-0.3, -0.25) is 9.59 Å². The van der Waals surface area contributed by atoms with E-state index in [0.29, 0.717) is 26.1 Å². The van der Waals surface area contributed by atoms with Gasteiger partial charge in [-0.2, -0.15) is 0 Å². The Bertz CT molecular complexity index is 514. The van der Waals surface area contributed by atoms with Crippen molar-refractivity contribution in [1.82, 2.24) is 10.2 Å². The lowest BCUT2D eigenvalue weighted by atomic mass is 10.2. The highest BCUT2D eigenvalue weighted by Gasteiger charge is 2.16. The Hall–Kier alpha value is -1.62. The van der Waals surface area contributed by atoms with Gasteiger partial charge in [0.05, 0.1) is 0 Å². The highest BCUT2D eigenvalue weighted by Crippen LogP contribution is 2.17. The molecule has 2 rings (SSSR count). The zero-order valence-corrected chi connectivity index (χ0v) is 12.0. The van der Waals surface area contributed by atoms with E-state index in [1.807, 2.05) is 24.3 Å². The zero-order valence-electron chi connectivity index (χ0n) is 10.4. The molecule has 4 nitrogen and oxygen atoms in total. The molecule has 1 aliphatic heterocycles. The maximum absolute atomic E-state index is 12.0. The molecule has 1 aliphatic rings. The van der Waals surface area contributed by atoms with Gasteiger partial charge in [0, 0.05) is 36.6 Å². The summed E-state index contributed by atoms with van der Waals surface area (Å²) in [4.78, 5) is 24.9. The van der Waals surface area contributed by atoms with E-state index in [-0.39, 0.29) is 11.8 Å². The Balaban J connectivity index is 2.00. The number of nitrogens with zero attached hydrogens (tertiary/aromatic N) is 1. The Labute approximate surface area is 120 Å². The average Bonchev–Trinajstić information content (AvgIpc) is 2.62. The van der Waals surface area contributed by atoms with Gasteiger partial charge in [0.1, 0.15) is 0 Å². The molecule has 1 N–H and O–H groups in total. The van der Waals surface area contributed by atoms with Gasteiger partial charge in [-0.05, 0) is 17.7 Å². The van der Waals surface area contributed by atoms with Crippen LogP contribution in [0.25, 0.3) is 6.08 Å². The maximum Gasteiger partial charge on any atom is 0.246 e. The van der Waals surface area contributed by atoms with E-state index in [0.717, 1.165) is 10.0 Å². The fourth-order valence-electron chi connectivity index (χ4n) is 1.86. The molecule has 0 unspecified atom stereocenters. The Morgan fingerprint density at radius 3 is 2.89 bits per heavy atom. The van der Waals surface area contributed by atoms with E-state index in [1.165, 1.54) is 0 Å². The standard InChI is InChI=1S/C14H15BrN2O2/c15-12-4-2-1-3-11(12)5-6-14(19)17-9-7-13(18)16-8-10-17/h1-6H,7-10H2,(H,16,18). The smallest absolute Gasteiger partial charge is 0.246 e. The summed E-state index contributed by atoms with van der Waals surface area (Å²) < 4.78 is 0.951. The van der Waals surface area contributed by atoms with E-state index in [4.69, 9.17) is 0 Å². The summed E-state index contributed by atoms with van der Waals surface area (Å²) in [7, 11) is 0. The van der Waals surface area contributed by atoms with Gasteiger partial charge in [-0.1, -0.05) is 34.1 Å². The molecule has 1 saturated heterocycles. The second-order valence-corrected chi connectivity index (χ2v) is 5.13. The quantitative estimate of drug-likeness (QED) is 0.844. The van der Waals surface area contributed by atoms with Crippen LogP contribution < -0.4 is 5.32 Å². The molecule has 0 atom stereocenters. The summed E-state index contributed by atoms with van der Waals surface area (Å²) in [5, 5.41) is 2.75. The molecular formula is C14H15BrN2O2. The summed E-state index contributed by atoms with van der Waals surface area (Å²) in [5.74, 6) is -0.0580. The minimum absolute atomic E-state index is 0.00471. The topological polar surface area (TPSA) is 49.4 Å². The second-order valence-electron chi connectivity index (χ2n) is 4.28. The number of carbonyl (C=O) groups is 2. The number of rotatable bonds is 2. The highest BCUT2D eigenvalue weighted by atomic mass is 79.9. The first-order valence-corrected chi connectivity index (χ1v) is 6.94. The van der Waals surface area contributed by atoms with Crippen LogP contribution in [-0.2, 0) is 9.59 Å². The van der Waals surface area contributed by atoms with Crippen molar-refractivity contribution in [3.63, 3.8) is 0 Å². The van der Waals surface area contributed by atoms with Crippen LogP contribution in [0.2, 0.25) is 0 Å². The van der Waals surface area contributed by atoms with Crippen molar-refractivity contribution in [3.8, 4) is 0 Å². The van der Waals surface area contributed by atoms with Crippen molar-refractivity contribution in [1.29, 1.82) is 0 Å². The Morgan fingerprint density at radius 1 is 1.32 bits per heavy atom. The van der Waals surface area contributed by atoms with Crippen LogP contribution in [0.15, 0.2) is 34.8 Å². The number of halogens is 1. The molecule has 0 aromatic heterocycles. The van der Waals surface area contributed by atoms with E-state index in [9.17, 15) is 9.59 Å². The van der Waals surface area contributed by atoms with Crippen molar-refractivity contribution in [2.45, 2.75) is 6.42 Å². The molecule has 5 heteroatoms. The third kappa shape index (κ3) is 3.92. The number of amides is 2. The van der Waals surface area contributed by atoms with E-state index in [1.54, 1.807) is 17.1 Å². The van der Waals surface area contributed by atoms with Crippen molar-refractivity contribution in [2.24, 2.45) is 0 Å². The molecular weight excluding hydrogens is 308 g/mol. The third-order valence-electron chi connectivity index (χ3n) is 2.94. The third-order valence-corrected chi connectivity index (χ3v) is 3.66. The van der Waals surface area contributed by atoms with Crippen molar-refractivity contribution in [3.05, 3.63) is 40.4 Å². The molecule has 100 valence electrons. The average molecular weight is 323 g/mol. The molecule has 0 spiro atoms. The summed E-state index contributed by atoms with van der Waals surface area (Å²) in [6, 6.07) is 7.71. The van der Waals surface area contributed by atoms with E-state index in [2.05, 4.69) is 21.2 Å². The van der Waals surface area contributed by atoms with Crippen LogP contribution in [0.5, 0.6) is 0 Å². The minimum atomic E-state index is -0.0627. The number of hydrogen-bond donors (Lipinski definition) is 1. The first-order chi connectivity index (χ1) is 9.16. The molecule has 2 amide bonds. The molecule has 0 saturated carbocycles. The largest absolute Gasteiger partial charge is 0.354 e. The van der Waals surface area contributed by atoms with Crippen LogP contribution in [0.3, 0.4) is 0 Å². The van der Waals surface area contributed by atoms with Gasteiger partial charge in [0.2, 0.25) is 11.8 Å². The summed E-state index contributed by atoms with van der Waals surface area (Å²) in [5.41, 5.74) is 0.958. The predicted octanol–water partition coefficient (Wildman–Crippen LogP) is 1.81. The number of benzene rings is 1. The Morgan fingerprint density at radius 2 is 2.11 bits per heavy atom. The van der Waals surface area contributed by atoms with Crippen LogP contribution in [0.1, 0.15) is 12.0 Å². The SMILES string of the molecule is O=C1CCN(C(=O)C=Cc2ccccc2Br)CCN1. The lowest BCUT2D eigenvalue weighted by Gasteiger charge is -2.17. The lowest BCUT2D eigenvalue weighted by molar-refractivity contribution is -0.125. The van der Waals surface area contributed by atoms with Crippen molar-refractivity contribution in [2.75, 3.05) is 19.6 Å². The number of nitrogens with one attached hydrogen (secondary N) is 1. The second kappa shape index (κ2) is 6.52. The zero-order chi connectivity index (χ0) is 13.7. The summed E-state index contributed by atoms with van der Waals surface area (Å²) in [6.45, 7) is 1.56. The Kier molecular flexibility index (Phi) is 4.74. The van der Waals surface area contributed by atoms with Gasteiger partial charge in [-0.15, -0.1) is 0 Å². The molecule has 0 aliphatic carbocycles. The molecule has 0 bridgehead atoms. The van der Waals surface area contributed by atoms with Gasteiger partial charge < -0.3 is 10.2 Å². The van der Waals surface area contributed by atoms with Gasteiger partial charge in [0.25, 0.3) is 0 Å². The lowest BCUT2D eigenvalue weighted by Crippen LogP contribution is -2.32.